The summed E-state index contributed by atoms with van der Waals surface area (Å²) in [5.41, 5.74) is 2.72. The molecule has 0 unspecified atom stereocenters. The van der Waals surface area contributed by atoms with Gasteiger partial charge in [0.25, 0.3) is 0 Å². The van der Waals surface area contributed by atoms with Gasteiger partial charge in [0.15, 0.2) is 0 Å². The van der Waals surface area contributed by atoms with E-state index in [1.807, 2.05) is 11.3 Å². The van der Waals surface area contributed by atoms with Gasteiger partial charge in [-0.25, -0.2) is 0 Å². The third-order valence-electron chi connectivity index (χ3n) is 3.19. The molecule has 106 valence electrons. The van der Waals surface area contributed by atoms with E-state index in [-0.39, 0.29) is 63.4 Å². The van der Waals surface area contributed by atoms with Crippen LogP contribution >= 0.6 is 27.3 Å². The second-order valence-corrected chi connectivity index (χ2v) is 6.18. The number of fused-ring (bicyclic) bond motifs is 5. The molecule has 1 aromatic carbocycles. The average molecular weight is 498 g/mol. The maximum absolute atomic E-state index is 3.55. The predicted octanol–water partition coefficient (Wildman–Crippen LogP) is -3.35. The Morgan fingerprint density at radius 1 is 0.952 bits per heavy atom. The van der Waals surface area contributed by atoms with E-state index in [4.69, 9.17) is 0 Å². The van der Waals surface area contributed by atoms with Gasteiger partial charge >= 0.3 is 26.2 Å². The molecule has 6 heteroatoms. The third-order valence-corrected chi connectivity index (χ3v) is 4.91. The van der Waals surface area contributed by atoms with Gasteiger partial charge in [-0.15, -0.1) is 47.2 Å². The molecule has 4 rings (SSSR count). The van der Waals surface area contributed by atoms with Crippen molar-refractivity contribution < 1.29 is 63.4 Å². The van der Waals surface area contributed by atoms with Gasteiger partial charge < -0.3 is 37.2 Å². The molecule has 2 aliphatic rings. The topological polar surface area (TPSA) is 0 Å². The monoisotopic (exact) mass is 494 g/mol. The molecule has 0 spiro atoms. The van der Waals surface area contributed by atoms with Crippen LogP contribution in [0.15, 0.2) is 53.0 Å². The smallest absolute Gasteiger partial charge is 1.00 e. The van der Waals surface area contributed by atoms with Crippen LogP contribution in [0.5, 0.6) is 0 Å². The Morgan fingerprint density at radius 3 is 2.48 bits per heavy atom. The molecule has 0 aliphatic heterocycles. The van der Waals surface area contributed by atoms with Gasteiger partial charge in [0.05, 0.1) is 0 Å². The summed E-state index contributed by atoms with van der Waals surface area (Å²) in [5, 5.41) is 2.74. The van der Waals surface area contributed by atoms with Gasteiger partial charge in [-0.1, -0.05) is 21.5 Å². The van der Waals surface area contributed by atoms with Crippen molar-refractivity contribution in [2.75, 3.05) is 0 Å². The Balaban J connectivity index is 0.000001000. The van der Waals surface area contributed by atoms with Gasteiger partial charge in [0.2, 0.25) is 0 Å². The van der Waals surface area contributed by atoms with E-state index in [0.29, 0.717) is 0 Å². The molecule has 0 radical (unpaired) electrons. The summed E-state index contributed by atoms with van der Waals surface area (Å²) in [7, 11) is 0. The number of thiophene rings is 1. The van der Waals surface area contributed by atoms with E-state index in [1.165, 1.54) is 31.3 Å². The minimum absolute atomic E-state index is 0. The van der Waals surface area contributed by atoms with Crippen molar-refractivity contribution in [3.8, 4) is 11.1 Å². The van der Waals surface area contributed by atoms with Crippen LogP contribution in [-0.4, -0.2) is 0 Å². The minimum Gasteiger partial charge on any atom is -1.00 e. The SMILES string of the molecule is Brc1ccc2sc3c4ccc[cH-]c-4cc3c2c1.[Cl-].[Cl-].[Cl-].[Zr+4]. The second kappa shape index (κ2) is 8.38. The largest absolute Gasteiger partial charge is 4.00 e. The molecule has 21 heavy (non-hydrogen) atoms. The van der Waals surface area contributed by atoms with Crippen LogP contribution in [0.4, 0.5) is 0 Å². The van der Waals surface area contributed by atoms with Gasteiger partial charge in [-0.2, -0.15) is 0 Å². The molecule has 0 saturated carbocycles. The maximum atomic E-state index is 3.55. The zero-order valence-corrected chi connectivity index (χ0v) is 17.7. The fourth-order valence-corrected chi connectivity index (χ4v) is 3.99. The van der Waals surface area contributed by atoms with Gasteiger partial charge in [0.1, 0.15) is 0 Å². The number of hydrogen-bond donors (Lipinski definition) is 0. The summed E-state index contributed by atoms with van der Waals surface area (Å²) in [6.45, 7) is 0. The van der Waals surface area contributed by atoms with Crippen LogP contribution in [0, 0.1) is 0 Å². The number of rotatable bonds is 0. The normalized spacial score (nSPS) is 9.57. The van der Waals surface area contributed by atoms with Gasteiger partial charge in [-0.05, 0) is 33.7 Å². The van der Waals surface area contributed by atoms with E-state index < -0.39 is 0 Å². The zero-order chi connectivity index (χ0) is 11.4. The molecule has 0 nitrogen and oxygen atoms in total. The molecule has 0 atom stereocenters. The first-order valence-electron chi connectivity index (χ1n) is 5.49. The van der Waals surface area contributed by atoms with Crippen molar-refractivity contribution in [2.45, 2.75) is 0 Å². The maximum Gasteiger partial charge on any atom is 4.00 e. The van der Waals surface area contributed by atoms with E-state index in [1.54, 1.807) is 0 Å². The van der Waals surface area contributed by atoms with Crippen molar-refractivity contribution in [1.82, 2.24) is 0 Å². The summed E-state index contributed by atoms with van der Waals surface area (Å²) in [5.74, 6) is 0. The molecule has 0 fully saturated rings. The molecule has 1 aromatic heterocycles. The fraction of sp³-hybridized carbons (Fsp3) is 0. The quantitative estimate of drug-likeness (QED) is 0.223. The summed E-state index contributed by atoms with van der Waals surface area (Å²) >= 11 is 5.44. The first kappa shape index (κ1) is 21.5. The van der Waals surface area contributed by atoms with Crippen molar-refractivity contribution in [1.29, 1.82) is 0 Å². The number of benzene rings is 2. The molecule has 0 N–H and O–H groups in total. The molecule has 2 aliphatic carbocycles. The van der Waals surface area contributed by atoms with Gasteiger partial charge in [0, 0.05) is 9.17 Å². The minimum atomic E-state index is 0. The van der Waals surface area contributed by atoms with Crippen LogP contribution in [0.2, 0.25) is 0 Å². The Labute approximate surface area is 173 Å². The molecular weight excluding hydrogens is 490 g/mol. The van der Waals surface area contributed by atoms with Crippen LogP contribution in [0.25, 0.3) is 31.3 Å². The average Bonchev–Trinajstić information content (AvgIpc) is 2.85. The zero-order valence-electron chi connectivity index (χ0n) is 10.5. The Bertz CT molecular complexity index is 824. The molecule has 0 bridgehead atoms. The van der Waals surface area contributed by atoms with Crippen molar-refractivity contribution >= 4 is 47.4 Å². The molecule has 0 saturated heterocycles. The number of hydrogen-bond acceptors (Lipinski definition) is 1. The Hall–Kier alpha value is 0.503. The van der Waals surface area contributed by atoms with Crippen molar-refractivity contribution in [2.24, 2.45) is 0 Å². The summed E-state index contributed by atoms with van der Waals surface area (Å²) in [6, 6.07) is 17.4. The third kappa shape index (κ3) is 3.54. The van der Waals surface area contributed by atoms with Crippen molar-refractivity contribution in [3.63, 3.8) is 0 Å². The van der Waals surface area contributed by atoms with Crippen LogP contribution in [0.1, 0.15) is 0 Å². The molecule has 0 amide bonds. The van der Waals surface area contributed by atoms with E-state index in [2.05, 4.69) is 64.5 Å². The van der Waals surface area contributed by atoms with E-state index in [0.717, 1.165) is 4.47 Å². The first-order valence-corrected chi connectivity index (χ1v) is 7.10. The first-order chi connectivity index (χ1) is 8.33. The molecular formula is C15H8BrCl3SZr. The standard InChI is InChI=1S/C15H8BrS.3ClH.Zr/c16-10-5-6-14-12(8-10)13-7-9-3-1-2-4-11(9)15(13)17-14;;;;/h1-8H;3*1H;/q-1;;;;+4/p-3. The van der Waals surface area contributed by atoms with Crippen LogP contribution in [-0.2, 0) is 26.2 Å². The van der Waals surface area contributed by atoms with Crippen molar-refractivity contribution in [3.05, 3.63) is 53.0 Å². The van der Waals surface area contributed by atoms with E-state index in [9.17, 15) is 0 Å². The fourth-order valence-electron chi connectivity index (χ4n) is 2.42. The summed E-state index contributed by atoms with van der Waals surface area (Å²) in [6.07, 6.45) is 0. The molecule has 1 heterocycles. The van der Waals surface area contributed by atoms with Crippen LogP contribution in [0.3, 0.4) is 0 Å². The summed E-state index contributed by atoms with van der Waals surface area (Å²) < 4.78 is 3.92. The van der Waals surface area contributed by atoms with Crippen LogP contribution < -0.4 is 37.2 Å². The second-order valence-electron chi connectivity index (χ2n) is 4.22. The Morgan fingerprint density at radius 2 is 1.71 bits per heavy atom. The van der Waals surface area contributed by atoms with E-state index >= 15 is 0 Å². The molecule has 2 aromatic rings. The van der Waals surface area contributed by atoms with Gasteiger partial charge in [-0.3, -0.25) is 0 Å². The summed E-state index contributed by atoms with van der Waals surface area (Å²) in [4.78, 5) is 0. The Kier molecular flexibility index (Phi) is 8.58. The number of halogens is 4. The predicted molar refractivity (Wildman–Crippen MR) is 79.2 cm³/mol.